The highest BCUT2D eigenvalue weighted by Gasteiger charge is 2.28. The summed E-state index contributed by atoms with van der Waals surface area (Å²) in [6, 6.07) is -0.0133. The van der Waals surface area contributed by atoms with Crippen molar-refractivity contribution in [2.24, 2.45) is 0 Å². The van der Waals surface area contributed by atoms with Crippen LogP contribution in [0.3, 0.4) is 0 Å². The van der Waals surface area contributed by atoms with Crippen LogP contribution in [-0.2, 0) is 11.4 Å². The Bertz CT molecular complexity index is 334. The molecule has 0 saturated heterocycles. The lowest BCUT2D eigenvalue weighted by molar-refractivity contribution is 0.530. The van der Waals surface area contributed by atoms with Gasteiger partial charge in [0.05, 0.1) is 6.04 Å². The van der Waals surface area contributed by atoms with E-state index in [1.807, 2.05) is 34.6 Å². The van der Waals surface area contributed by atoms with Crippen LogP contribution in [-0.4, -0.2) is 19.3 Å². The van der Waals surface area contributed by atoms with E-state index in [0.29, 0.717) is 0 Å². The summed E-state index contributed by atoms with van der Waals surface area (Å²) in [6.45, 7) is 9.62. The van der Waals surface area contributed by atoms with Crippen molar-refractivity contribution in [2.75, 3.05) is 0 Å². The van der Waals surface area contributed by atoms with Crippen molar-refractivity contribution in [3.63, 3.8) is 0 Å². The van der Waals surface area contributed by atoms with Gasteiger partial charge in [0.15, 0.2) is 0 Å². The molecule has 4 nitrogen and oxygen atoms in total. The molecule has 0 aliphatic carbocycles. The molecule has 0 aromatic carbocycles. The Morgan fingerprint density at radius 1 is 1.31 bits per heavy atom. The Labute approximate surface area is 100 Å². The van der Waals surface area contributed by atoms with Crippen molar-refractivity contribution in [3.8, 4) is 0 Å². The first-order chi connectivity index (χ1) is 7.30. The minimum absolute atomic E-state index is 0.0133. The molecular formula is C11H19N3OS. The Morgan fingerprint density at radius 2 is 1.81 bits per heavy atom. The predicted octanol–water partition coefficient (Wildman–Crippen LogP) is 1.90. The van der Waals surface area contributed by atoms with E-state index in [1.165, 1.54) is 0 Å². The molecule has 0 fully saturated rings. The molecule has 1 aromatic rings. The van der Waals surface area contributed by atoms with Crippen molar-refractivity contribution in [2.45, 2.75) is 45.4 Å². The van der Waals surface area contributed by atoms with Crippen LogP contribution >= 0.6 is 0 Å². The van der Waals surface area contributed by atoms with E-state index in [-0.39, 0.29) is 10.8 Å². The quantitative estimate of drug-likeness (QED) is 0.821. The normalized spacial score (nSPS) is 15.9. The van der Waals surface area contributed by atoms with Gasteiger partial charge in [0.1, 0.15) is 10.6 Å². The lowest BCUT2D eigenvalue weighted by Crippen LogP contribution is -2.40. The van der Waals surface area contributed by atoms with Gasteiger partial charge in [-0.2, -0.15) is 0 Å². The van der Waals surface area contributed by atoms with Gasteiger partial charge in [-0.3, -0.25) is 0 Å². The summed E-state index contributed by atoms with van der Waals surface area (Å²) < 4.78 is 14.7. The number of aryl methyl sites for hydroxylation is 1. The van der Waals surface area contributed by atoms with Crippen molar-refractivity contribution in [1.82, 2.24) is 14.7 Å². The van der Waals surface area contributed by atoms with Crippen LogP contribution in [0.15, 0.2) is 12.4 Å². The molecule has 1 N–H and O–H groups in total. The van der Waals surface area contributed by atoms with Crippen molar-refractivity contribution in [3.05, 3.63) is 23.8 Å². The van der Waals surface area contributed by atoms with E-state index in [4.69, 9.17) is 0 Å². The van der Waals surface area contributed by atoms with Gasteiger partial charge in [0, 0.05) is 29.3 Å². The van der Waals surface area contributed by atoms with Gasteiger partial charge in [-0.15, -0.1) is 4.72 Å². The topological polar surface area (TPSA) is 60.9 Å². The molecule has 1 aromatic heterocycles. The van der Waals surface area contributed by atoms with Crippen LogP contribution in [0.5, 0.6) is 0 Å². The van der Waals surface area contributed by atoms with E-state index >= 15 is 0 Å². The molecule has 0 amide bonds. The molecule has 0 spiro atoms. The monoisotopic (exact) mass is 241 g/mol. The summed E-state index contributed by atoms with van der Waals surface area (Å²) in [5, 5.41) is 0. The van der Waals surface area contributed by atoms with Crippen LogP contribution < -0.4 is 4.72 Å². The van der Waals surface area contributed by atoms with Crippen LogP contribution in [0.1, 0.15) is 45.1 Å². The van der Waals surface area contributed by atoms with Gasteiger partial charge < -0.3 is 4.55 Å². The maximum atomic E-state index is 11.9. The van der Waals surface area contributed by atoms with Gasteiger partial charge in [0.2, 0.25) is 0 Å². The summed E-state index contributed by atoms with van der Waals surface area (Å²) in [5.74, 6) is 0.743. The van der Waals surface area contributed by atoms with Gasteiger partial charge >= 0.3 is 0 Å². The number of aromatic nitrogens is 2. The third kappa shape index (κ3) is 3.73. The fraction of sp³-hybridized carbons (Fsp3) is 0.636. The summed E-state index contributed by atoms with van der Waals surface area (Å²) in [7, 11) is 0. The van der Waals surface area contributed by atoms with E-state index in [9.17, 15) is 4.55 Å². The van der Waals surface area contributed by atoms with Crippen molar-refractivity contribution < 1.29 is 4.55 Å². The summed E-state index contributed by atoms with van der Waals surface area (Å²) >= 11 is -1.08. The highest BCUT2D eigenvalue weighted by Crippen LogP contribution is 2.18. The summed E-state index contributed by atoms with van der Waals surface area (Å²) in [5.41, 5.74) is 0.947. The second-order valence-corrected chi connectivity index (χ2v) is 6.78. The zero-order valence-corrected chi connectivity index (χ0v) is 11.3. The highest BCUT2D eigenvalue weighted by atomic mass is 32.2. The van der Waals surface area contributed by atoms with Gasteiger partial charge in [0.25, 0.3) is 0 Å². The summed E-state index contributed by atoms with van der Waals surface area (Å²) in [4.78, 5) is 8.24. The van der Waals surface area contributed by atoms with Crippen LogP contribution in [0.2, 0.25) is 0 Å². The lowest BCUT2D eigenvalue weighted by atomic mass is 10.2. The number of hydrogen-bond acceptors (Lipinski definition) is 4. The Morgan fingerprint density at radius 3 is 2.25 bits per heavy atom. The molecule has 90 valence electrons. The molecule has 5 heteroatoms. The maximum Gasteiger partial charge on any atom is 0.136 e. The molecular weight excluding hydrogens is 222 g/mol. The molecule has 0 aliphatic heterocycles. The van der Waals surface area contributed by atoms with Crippen LogP contribution in [0.4, 0.5) is 0 Å². The maximum absolute atomic E-state index is 11.9. The summed E-state index contributed by atoms with van der Waals surface area (Å²) in [6.07, 6.45) is 3.53. The minimum Gasteiger partial charge on any atom is -0.598 e. The fourth-order valence-corrected chi connectivity index (χ4v) is 1.84. The Balaban J connectivity index is 2.65. The minimum atomic E-state index is -1.08. The zero-order chi connectivity index (χ0) is 12.3. The first-order valence-electron chi connectivity index (χ1n) is 5.27. The lowest BCUT2D eigenvalue weighted by Gasteiger charge is -2.26. The number of nitrogens with one attached hydrogen (secondary N) is 1. The van der Waals surface area contributed by atoms with E-state index in [2.05, 4.69) is 14.7 Å². The second-order valence-electron chi connectivity index (χ2n) is 4.78. The fourth-order valence-electron chi connectivity index (χ4n) is 1.03. The van der Waals surface area contributed by atoms with E-state index in [0.717, 1.165) is 11.4 Å². The Kier molecular flexibility index (Phi) is 4.29. The van der Waals surface area contributed by atoms with Crippen LogP contribution in [0, 0.1) is 6.92 Å². The second kappa shape index (κ2) is 5.12. The molecule has 0 radical (unpaired) electrons. The number of nitrogens with zero attached hydrogens (tertiary/aromatic N) is 2. The third-order valence-corrected chi connectivity index (χ3v) is 3.82. The standard InChI is InChI=1S/C11H19N3OS/c1-8(14-16(15)11(3,4)5)10-6-12-9(2)13-7-10/h6-8,14H,1-5H3. The van der Waals surface area contributed by atoms with Crippen molar-refractivity contribution >= 4 is 11.4 Å². The van der Waals surface area contributed by atoms with Crippen molar-refractivity contribution in [1.29, 1.82) is 0 Å². The van der Waals surface area contributed by atoms with Gasteiger partial charge in [-0.1, -0.05) is 0 Å². The molecule has 2 unspecified atom stereocenters. The molecule has 2 atom stereocenters. The molecule has 0 bridgehead atoms. The SMILES string of the molecule is Cc1ncc(C(C)N[S+]([O-])C(C)(C)C)cn1. The average Bonchev–Trinajstić information content (AvgIpc) is 2.17. The third-order valence-electron chi connectivity index (χ3n) is 2.14. The molecule has 16 heavy (non-hydrogen) atoms. The smallest absolute Gasteiger partial charge is 0.136 e. The number of rotatable bonds is 3. The van der Waals surface area contributed by atoms with Gasteiger partial charge in [-0.05, 0) is 34.6 Å². The van der Waals surface area contributed by atoms with E-state index in [1.54, 1.807) is 12.4 Å². The highest BCUT2D eigenvalue weighted by molar-refractivity contribution is 7.90. The zero-order valence-electron chi connectivity index (χ0n) is 10.4. The number of hydrogen-bond donors (Lipinski definition) is 1. The van der Waals surface area contributed by atoms with Crippen LogP contribution in [0.25, 0.3) is 0 Å². The molecule has 1 heterocycles. The predicted molar refractivity (Wildman–Crippen MR) is 66.2 cm³/mol. The molecule has 0 aliphatic rings. The average molecular weight is 241 g/mol. The molecule has 0 saturated carbocycles. The largest absolute Gasteiger partial charge is 0.598 e. The first-order valence-corrected chi connectivity index (χ1v) is 6.42. The molecule has 1 rings (SSSR count). The first kappa shape index (κ1) is 13.4. The Hall–Kier alpha value is -0.650. The van der Waals surface area contributed by atoms with E-state index < -0.39 is 11.4 Å². The van der Waals surface area contributed by atoms with Gasteiger partial charge in [-0.25, -0.2) is 9.97 Å².